The SMILES string of the molecule is Cc1c(C(=O)O)ncc(OC(F)(F)F)c1[N+](=O)[O-]. The standard InChI is InChI=1S/C8H5F3N2O5/c1-3-5(7(14)15)12-2-4(6(3)13(16)17)18-8(9,10)11/h2H,1H3,(H,14,15). The second-order valence-corrected chi connectivity index (χ2v) is 3.05. The van der Waals surface area contributed by atoms with Crippen molar-refractivity contribution in [3.63, 3.8) is 0 Å². The maximum Gasteiger partial charge on any atom is 0.573 e. The van der Waals surface area contributed by atoms with Gasteiger partial charge < -0.3 is 9.84 Å². The van der Waals surface area contributed by atoms with Crippen molar-refractivity contribution in [1.29, 1.82) is 0 Å². The van der Waals surface area contributed by atoms with Crippen LogP contribution in [-0.4, -0.2) is 27.3 Å². The van der Waals surface area contributed by atoms with Crippen molar-refractivity contribution >= 4 is 11.7 Å². The highest BCUT2D eigenvalue weighted by Gasteiger charge is 2.36. The maximum absolute atomic E-state index is 12.0. The average Bonchev–Trinajstić information content (AvgIpc) is 2.13. The number of hydrogen-bond acceptors (Lipinski definition) is 5. The lowest BCUT2D eigenvalue weighted by molar-refractivity contribution is -0.389. The third kappa shape index (κ3) is 2.84. The summed E-state index contributed by atoms with van der Waals surface area (Å²) in [6.45, 7) is 0.970. The predicted molar refractivity (Wildman–Crippen MR) is 49.3 cm³/mol. The minimum atomic E-state index is -5.14. The molecule has 0 aliphatic rings. The monoisotopic (exact) mass is 266 g/mol. The lowest BCUT2D eigenvalue weighted by Crippen LogP contribution is -2.19. The van der Waals surface area contributed by atoms with Gasteiger partial charge in [0.05, 0.1) is 16.7 Å². The van der Waals surface area contributed by atoms with Gasteiger partial charge in [-0.1, -0.05) is 0 Å². The number of pyridine rings is 1. The summed E-state index contributed by atoms with van der Waals surface area (Å²) in [5.74, 6) is -2.75. The van der Waals surface area contributed by atoms with Gasteiger partial charge in [-0.25, -0.2) is 9.78 Å². The molecular formula is C8H5F3N2O5. The number of nitrogens with zero attached hydrogens (tertiary/aromatic N) is 2. The van der Waals surface area contributed by atoms with Gasteiger partial charge in [-0.3, -0.25) is 10.1 Å². The fourth-order valence-corrected chi connectivity index (χ4v) is 1.22. The molecule has 0 saturated carbocycles. The fraction of sp³-hybridized carbons (Fsp3) is 0.250. The van der Waals surface area contributed by atoms with Crippen molar-refractivity contribution < 1.29 is 32.7 Å². The van der Waals surface area contributed by atoms with Crippen molar-refractivity contribution in [3.05, 3.63) is 27.6 Å². The summed E-state index contributed by atoms with van der Waals surface area (Å²) in [6.07, 6.45) is -4.79. The van der Waals surface area contributed by atoms with Crippen LogP contribution >= 0.6 is 0 Å². The number of rotatable bonds is 3. The Bertz CT molecular complexity index is 514. The number of carbonyl (C=O) groups is 1. The Morgan fingerprint density at radius 3 is 2.50 bits per heavy atom. The number of aromatic nitrogens is 1. The summed E-state index contributed by atoms with van der Waals surface area (Å²) in [5, 5.41) is 19.3. The maximum atomic E-state index is 12.0. The van der Waals surface area contributed by atoms with Gasteiger partial charge in [-0.05, 0) is 6.92 Å². The summed E-state index contributed by atoms with van der Waals surface area (Å²) in [5.41, 5.74) is -2.31. The minimum Gasteiger partial charge on any atom is -0.476 e. The Balaban J connectivity index is 3.42. The molecule has 0 bridgehead atoms. The number of carboxylic acid groups (broad SMARTS) is 1. The van der Waals surface area contributed by atoms with E-state index in [9.17, 15) is 28.1 Å². The molecule has 98 valence electrons. The van der Waals surface area contributed by atoms with Crippen molar-refractivity contribution in [3.8, 4) is 5.75 Å². The highest BCUT2D eigenvalue weighted by atomic mass is 19.4. The Morgan fingerprint density at radius 2 is 2.11 bits per heavy atom. The summed E-state index contributed by atoms with van der Waals surface area (Å²) < 4.78 is 39.4. The van der Waals surface area contributed by atoms with E-state index in [1.54, 1.807) is 0 Å². The number of carboxylic acids is 1. The van der Waals surface area contributed by atoms with Gasteiger partial charge >= 0.3 is 18.0 Å². The molecule has 7 nitrogen and oxygen atoms in total. The zero-order valence-electron chi connectivity index (χ0n) is 8.69. The lowest BCUT2D eigenvalue weighted by Gasteiger charge is -2.10. The molecule has 1 aromatic heterocycles. The summed E-state index contributed by atoms with van der Waals surface area (Å²) in [7, 11) is 0. The summed E-state index contributed by atoms with van der Waals surface area (Å²) >= 11 is 0. The van der Waals surface area contributed by atoms with Crippen LogP contribution in [0, 0.1) is 17.0 Å². The quantitative estimate of drug-likeness (QED) is 0.662. The summed E-state index contributed by atoms with van der Waals surface area (Å²) in [4.78, 5) is 23.3. The van der Waals surface area contributed by atoms with E-state index < -0.39 is 39.9 Å². The van der Waals surface area contributed by atoms with Crippen LogP contribution in [-0.2, 0) is 0 Å². The highest BCUT2D eigenvalue weighted by Crippen LogP contribution is 2.34. The van der Waals surface area contributed by atoms with Gasteiger partial charge in [0.1, 0.15) is 0 Å². The first-order valence-electron chi connectivity index (χ1n) is 4.26. The second kappa shape index (κ2) is 4.47. The zero-order chi connectivity index (χ0) is 14.1. The lowest BCUT2D eigenvalue weighted by atomic mass is 10.1. The molecule has 1 aromatic rings. The molecule has 0 fully saturated rings. The van der Waals surface area contributed by atoms with Crippen LogP contribution in [0.1, 0.15) is 16.1 Å². The van der Waals surface area contributed by atoms with Crippen molar-refractivity contribution in [1.82, 2.24) is 4.98 Å². The molecule has 1 rings (SSSR count). The molecule has 0 aliphatic heterocycles. The van der Waals surface area contributed by atoms with Crippen LogP contribution in [0.3, 0.4) is 0 Å². The van der Waals surface area contributed by atoms with Gasteiger partial charge in [0.25, 0.3) is 0 Å². The molecule has 1 heterocycles. The zero-order valence-corrected chi connectivity index (χ0v) is 8.69. The molecule has 0 aromatic carbocycles. The van der Waals surface area contributed by atoms with E-state index in [2.05, 4.69) is 9.72 Å². The molecule has 0 unspecified atom stereocenters. The van der Waals surface area contributed by atoms with Crippen LogP contribution in [0.4, 0.5) is 18.9 Å². The molecule has 0 aliphatic carbocycles. The van der Waals surface area contributed by atoms with Gasteiger partial charge in [0.2, 0.25) is 5.75 Å². The van der Waals surface area contributed by atoms with Crippen molar-refractivity contribution in [2.24, 2.45) is 0 Å². The number of hydrogen-bond donors (Lipinski definition) is 1. The first kappa shape index (κ1) is 13.7. The van der Waals surface area contributed by atoms with Gasteiger partial charge in [0.15, 0.2) is 5.69 Å². The van der Waals surface area contributed by atoms with Gasteiger partial charge in [-0.2, -0.15) is 0 Å². The molecule has 18 heavy (non-hydrogen) atoms. The van der Waals surface area contributed by atoms with E-state index in [0.29, 0.717) is 6.20 Å². The number of aromatic carboxylic acids is 1. The highest BCUT2D eigenvalue weighted by molar-refractivity contribution is 5.88. The van der Waals surface area contributed by atoms with E-state index in [0.717, 1.165) is 6.92 Å². The number of halogens is 3. The normalized spacial score (nSPS) is 11.1. The topological polar surface area (TPSA) is 103 Å². The average molecular weight is 266 g/mol. The summed E-state index contributed by atoms with van der Waals surface area (Å²) in [6, 6.07) is 0. The van der Waals surface area contributed by atoms with Crippen LogP contribution in [0.2, 0.25) is 0 Å². The van der Waals surface area contributed by atoms with E-state index in [-0.39, 0.29) is 0 Å². The van der Waals surface area contributed by atoms with Crippen LogP contribution < -0.4 is 4.74 Å². The second-order valence-electron chi connectivity index (χ2n) is 3.05. The van der Waals surface area contributed by atoms with Crippen LogP contribution in [0.25, 0.3) is 0 Å². The Hall–Kier alpha value is -2.39. The smallest absolute Gasteiger partial charge is 0.476 e. The Kier molecular flexibility index (Phi) is 3.39. The molecule has 1 N–H and O–H groups in total. The first-order valence-corrected chi connectivity index (χ1v) is 4.26. The molecule has 0 saturated heterocycles. The van der Waals surface area contributed by atoms with E-state index >= 15 is 0 Å². The number of nitro groups is 1. The van der Waals surface area contributed by atoms with E-state index in [1.807, 2.05) is 0 Å². The third-order valence-electron chi connectivity index (χ3n) is 1.87. The van der Waals surface area contributed by atoms with Crippen molar-refractivity contribution in [2.75, 3.05) is 0 Å². The van der Waals surface area contributed by atoms with Crippen LogP contribution in [0.5, 0.6) is 5.75 Å². The molecule has 0 atom stereocenters. The Labute approximate surface area is 97.0 Å². The van der Waals surface area contributed by atoms with E-state index in [1.165, 1.54) is 0 Å². The molecule has 10 heteroatoms. The van der Waals surface area contributed by atoms with E-state index in [4.69, 9.17) is 5.11 Å². The van der Waals surface area contributed by atoms with Gasteiger partial charge in [-0.15, -0.1) is 13.2 Å². The molecule has 0 spiro atoms. The van der Waals surface area contributed by atoms with Crippen LogP contribution in [0.15, 0.2) is 6.20 Å². The number of alkyl halides is 3. The fourth-order valence-electron chi connectivity index (χ4n) is 1.22. The first-order chi connectivity index (χ1) is 8.13. The molecule has 0 radical (unpaired) electrons. The predicted octanol–water partition coefficient (Wildman–Crippen LogP) is 1.90. The van der Waals surface area contributed by atoms with Gasteiger partial charge in [0, 0.05) is 0 Å². The largest absolute Gasteiger partial charge is 0.573 e. The minimum absolute atomic E-state index is 0.349. The molecule has 0 amide bonds. The number of ether oxygens (including phenoxy) is 1. The third-order valence-corrected chi connectivity index (χ3v) is 1.87. The Morgan fingerprint density at radius 1 is 1.56 bits per heavy atom. The van der Waals surface area contributed by atoms with Crippen molar-refractivity contribution in [2.45, 2.75) is 13.3 Å². The molecular weight excluding hydrogens is 261 g/mol.